The minimum atomic E-state index is -0.237. The smallest absolute Gasteiger partial charge is 0.0654 e. The Morgan fingerprint density at radius 1 is 1.33 bits per heavy atom. The van der Waals surface area contributed by atoms with Gasteiger partial charge >= 0.3 is 0 Å². The average molecular weight is 166 g/mol. The van der Waals surface area contributed by atoms with E-state index in [1.807, 2.05) is 12.2 Å². The van der Waals surface area contributed by atoms with Crippen LogP contribution in [0.5, 0.6) is 0 Å². The standard InChI is InChI=1S/C11H18O/c1-11(2,3)10(12)9-7-5-4-6-8-9/h4-7,9-10,12H,8H2,1-3H3/t9-,10-/m1/s1. The molecule has 0 spiro atoms. The van der Waals surface area contributed by atoms with Crippen molar-refractivity contribution >= 4 is 0 Å². The molecule has 0 saturated carbocycles. The van der Waals surface area contributed by atoms with Crippen molar-refractivity contribution < 1.29 is 5.11 Å². The highest BCUT2D eigenvalue weighted by Gasteiger charge is 2.28. The highest BCUT2D eigenvalue weighted by molar-refractivity contribution is 5.12. The average Bonchev–Trinajstić information content (AvgIpc) is 2.03. The van der Waals surface area contributed by atoms with Gasteiger partial charge in [-0.05, 0) is 11.8 Å². The molecule has 0 heterocycles. The van der Waals surface area contributed by atoms with Crippen molar-refractivity contribution in [2.45, 2.75) is 33.3 Å². The van der Waals surface area contributed by atoms with Crippen LogP contribution in [0, 0.1) is 11.3 Å². The lowest BCUT2D eigenvalue weighted by Crippen LogP contribution is -2.33. The first kappa shape index (κ1) is 9.53. The summed E-state index contributed by atoms with van der Waals surface area (Å²) >= 11 is 0. The largest absolute Gasteiger partial charge is 0.392 e. The van der Waals surface area contributed by atoms with Gasteiger partial charge in [0, 0.05) is 5.92 Å². The van der Waals surface area contributed by atoms with Crippen LogP contribution in [0.3, 0.4) is 0 Å². The van der Waals surface area contributed by atoms with Crippen LogP contribution in [0.4, 0.5) is 0 Å². The molecule has 0 saturated heterocycles. The van der Waals surface area contributed by atoms with E-state index in [1.54, 1.807) is 0 Å². The van der Waals surface area contributed by atoms with Crippen molar-refractivity contribution in [2.24, 2.45) is 11.3 Å². The summed E-state index contributed by atoms with van der Waals surface area (Å²) in [4.78, 5) is 0. The van der Waals surface area contributed by atoms with Crippen molar-refractivity contribution in [3.05, 3.63) is 24.3 Å². The SMILES string of the molecule is CC(C)(C)[C@H](O)[C@@H]1C=CC=CC1. The Morgan fingerprint density at radius 3 is 2.42 bits per heavy atom. The van der Waals surface area contributed by atoms with E-state index in [-0.39, 0.29) is 11.5 Å². The van der Waals surface area contributed by atoms with Crippen LogP contribution in [0.1, 0.15) is 27.2 Å². The van der Waals surface area contributed by atoms with Gasteiger partial charge in [-0.3, -0.25) is 0 Å². The Labute approximate surface area is 74.8 Å². The van der Waals surface area contributed by atoms with Crippen molar-refractivity contribution in [1.29, 1.82) is 0 Å². The lowest BCUT2D eigenvalue weighted by Gasteiger charge is -2.31. The van der Waals surface area contributed by atoms with Crippen LogP contribution in [0.25, 0.3) is 0 Å². The highest BCUT2D eigenvalue weighted by Crippen LogP contribution is 2.29. The monoisotopic (exact) mass is 166 g/mol. The molecule has 0 amide bonds. The molecule has 0 bridgehead atoms. The van der Waals surface area contributed by atoms with Gasteiger partial charge < -0.3 is 5.11 Å². The second-order valence-electron chi connectivity index (χ2n) is 4.52. The molecule has 68 valence electrons. The maximum atomic E-state index is 9.93. The van der Waals surface area contributed by atoms with Crippen LogP contribution in [-0.4, -0.2) is 11.2 Å². The summed E-state index contributed by atoms with van der Waals surface area (Å²) in [6, 6.07) is 0. The Kier molecular flexibility index (Phi) is 2.73. The van der Waals surface area contributed by atoms with Gasteiger partial charge in [-0.2, -0.15) is 0 Å². The molecule has 0 unspecified atom stereocenters. The molecule has 2 atom stereocenters. The van der Waals surface area contributed by atoms with Gasteiger partial charge in [0.15, 0.2) is 0 Å². The molecule has 0 aliphatic heterocycles. The zero-order valence-corrected chi connectivity index (χ0v) is 8.12. The minimum Gasteiger partial charge on any atom is -0.392 e. The molecule has 1 aliphatic rings. The number of aliphatic hydroxyl groups excluding tert-OH is 1. The molecule has 0 radical (unpaired) electrons. The third kappa shape index (κ3) is 2.21. The topological polar surface area (TPSA) is 20.2 Å². The number of aliphatic hydroxyl groups is 1. The Bertz CT molecular complexity index is 196. The van der Waals surface area contributed by atoms with Gasteiger partial charge in [0.2, 0.25) is 0 Å². The molecular weight excluding hydrogens is 148 g/mol. The van der Waals surface area contributed by atoms with E-state index in [4.69, 9.17) is 0 Å². The van der Waals surface area contributed by atoms with E-state index < -0.39 is 0 Å². The van der Waals surface area contributed by atoms with E-state index in [1.165, 1.54) is 0 Å². The van der Waals surface area contributed by atoms with Gasteiger partial charge in [-0.1, -0.05) is 45.1 Å². The third-order valence-corrected chi connectivity index (χ3v) is 2.31. The van der Waals surface area contributed by atoms with Crippen LogP contribution in [-0.2, 0) is 0 Å². The molecule has 0 aromatic rings. The molecule has 1 aliphatic carbocycles. The van der Waals surface area contributed by atoms with Gasteiger partial charge in [0.25, 0.3) is 0 Å². The van der Waals surface area contributed by atoms with E-state index in [0.29, 0.717) is 5.92 Å². The van der Waals surface area contributed by atoms with E-state index in [0.717, 1.165) is 6.42 Å². The Balaban J connectivity index is 2.59. The second kappa shape index (κ2) is 3.44. The molecule has 0 aromatic heterocycles. The van der Waals surface area contributed by atoms with Gasteiger partial charge in [-0.25, -0.2) is 0 Å². The molecule has 1 heteroatoms. The quantitative estimate of drug-likeness (QED) is 0.634. The summed E-state index contributed by atoms with van der Waals surface area (Å²) in [5, 5.41) is 9.93. The predicted octanol–water partition coefficient (Wildman–Crippen LogP) is 2.53. The summed E-state index contributed by atoms with van der Waals surface area (Å²) in [5.74, 6) is 0.301. The summed E-state index contributed by atoms with van der Waals surface area (Å²) < 4.78 is 0. The number of rotatable bonds is 1. The second-order valence-corrected chi connectivity index (χ2v) is 4.52. The minimum absolute atomic E-state index is 0.0137. The first-order chi connectivity index (χ1) is 5.52. The lowest BCUT2D eigenvalue weighted by atomic mass is 9.79. The van der Waals surface area contributed by atoms with Crippen molar-refractivity contribution in [3.63, 3.8) is 0 Å². The summed E-state index contributed by atoms with van der Waals surface area (Å²) in [7, 11) is 0. The Hall–Kier alpha value is -0.560. The first-order valence-electron chi connectivity index (χ1n) is 4.53. The lowest BCUT2D eigenvalue weighted by molar-refractivity contribution is 0.0286. The molecule has 12 heavy (non-hydrogen) atoms. The maximum absolute atomic E-state index is 9.93. The van der Waals surface area contributed by atoms with Crippen LogP contribution in [0.2, 0.25) is 0 Å². The molecule has 0 aromatic carbocycles. The number of allylic oxidation sites excluding steroid dienone is 3. The zero-order chi connectivity index (χ0) is 9.19. The molecule has 0 fully saturated rings. The van der Waals surface area contributed by atoms with E-state index >= 15 is 0 Å². The van der Waals surface area contributed by atoms with Crippen molar-refractivity contribution in [3.8, 4) is 0 Å². The zero-order valence-electron chi connectivity index (χ0n) is 8.12. The van der Waals surface area contributed by atoms with Gasteiger partial charge in [0.1, 0.15) is 0 Å². The normalized spacial score (nSPS) is 25.8. The third-order valence-electron chi connectivity index (χ3n) is 2.31. The molecule has 1 nitrogen and oxygen atoms in total. The molecule has 1 N–H and O–H groups in total. The van der Waals surface area contributed by atoms with E-state index in [9.17, 15) is 5.11 Å². The van der Waals surface area contributed by atoms with Gasteiger partial charge in [-0.15, -0.1) is 0 Å². The highest BCUT2D eigenvalue weighted by atomic mass is 16.3. The Morgan fingerprint density at radius 2 is 2.00 bits per heavy atom. The summed E-state index contributed by atoms with van der Waals surface area (Å²) in [6.07, 6.45) is 8.98. The fourth-order valence-electron chi connectivity index (χ4n) is 1.48. The van der Waals surface area contributed by atoms with E-state index in [2.05, 4.69) is 32.9 Å². The molecule has 1 rings (SSSR count). The fourth-order valence-corrected chi connectivity index (χ4v) is 1.48. The number of hydrogen-bond acceptors (Lipinski definition) is 1. The fraction of sp³-hybridized carbons (Fsp3) is 0.636. The summed E-state index contributed by atoms with van der Waals surface area (Å²) in [5.41, 5.74) is -0.0137. The van der Waals surface area contributed by atoms with Crippen molar-refractivity contribution in [1.82, 2.24) is 0 Å². The van der Waals surface area contributed by atoms with Crippen LogP contribution in [0.15, 0.2) is 24.3 Å². The number of hydrogen-bond donors (Lipinski definition) is 1. The van der Waals surface area contributed by atoms with Gasteiger partial charge in [0.05, 0.1) is 6.10 Å². The molecular formula is C11H18O. The van der Waals surface area contributed by atoms with Crippen LogP contribution < -0.4 is 0 Å². The summed E-state index contributed by atoms with van der Waals surface area (Å²) in [6.45, 7) is 6.22. The van der Waals surface area contributed by atoms with Crippen molar-refractivity contribution in [2.75, 3.05) is 0 Å². The predicted molar refractivity (Wildman–Crippen MR) is 51.8 cm³/mol. The first-order valence-corrected chi connectivity index (χ1v) is 4.53. The maximum Gasteiger partial charge on any atom is 0.0654 e. The van der Waals surface area contributed by atoms with Crippen LogP contribution >= 0.6 is 0 Å².